The van der Waals surface area contributed by atoms with E-state index in [1.807, 2.05) is 79.0 Å². The molecule has 2 aromatic heterocycles. The molecule has 9 nitrogen and oxygen atoms in total. The fraction of sp³-hybridized carbons (Fsp3) is 0.179. The van der Waals surface area contributed by atoms with Crippen molar-refractivity contribution in [2.45, 2.75) is 32.4 Å². The minimum Gasteiger partial charge on any atom is -0.493 e. The molecule has 0 spiro atoms. The Bertz CT molecular complexity index is 2140. The number of allylic oxidation sites excluding steroid dienone is 2. The van der Waals surface area contributed by atoms with Crippen molar-refractivity contribution in [3.05, 3.63) is 137 Å². The van der Waals surface area contributed by atoms with Gasteiger partial charge in [-0.15, -0.1) is 5.10 Å². The fourth-order valence-electron chi connectivity index (χ4n) is 5.31. The van der Waals surface area contributed by atoms with E-state index in [2.05, 4.69) is 22.4 Å². The van der Waals surface area contributed by atoms with Crippen LogP contribution >= 0.6 is 0 Å². The summed E-state index contributed by atoms with van der Waals surface area (Å²) in [6.45, 7) is 1.44. The summed E-state index contributed by atoms with van der Waals surface area (Å²) in [7, 11) is 1.58. The number of fused-ring (bicyclic) bond motifs is 2. The van der Waals surface area contributed by atoms with Crippen molar-refractivity contribution in [3.63, 3.8) is 0 Å². The average Bonchev–Trinajstić information content (AvgIpc) is 3.57. The number of nitrogens with zero attached hydrogens (tertiary/aromatic N) is 3. The van der Waals surface area contributed by atoms with Crippen LogP contribution in [0.15, 0.2) is 119 Å². The highest BCUT2D eigenvalue weighted by atomic mass is 16.5. The van der Waals surface area contributed by atoms with Crippen molar-refractivity contribution in [1.82, 2.24) is 15.0 Å². The number of methoxy groups -OCH3 is 1. The lowest BCUT2D eigenvalue weighted by Gasteiger charge is -2.10. The molecule has 0 unspecified atom stereocenters. The van der Waals surface area contributed by atoms with Gasteiger partial charge in [0, 0.05) is 6.54 Å². The Balaban J connectivity index is 0.946. The van der Waals surface area contributed by atoms with Gasteiger partial charge in [0.05, 0.1) is 31.4 Å². The number of aryl methyl sites for hydroxylation is 1. The van der Waals surface area contributed by atoms with Gasteiger partial charge in [0.25, 0.3) is 0 Å². The Morgan fingerprint density at radius 1 is 0.812 bits per heavy atom. The number of carbonyl (C=O) groups is 1. The topological polar surface area (TPSA) is 106 Å². The third-order valence-corrected chi connectivity index (χ3v) is 7.74. The maximum Gasteiger partial charge on any atom is 0.339 e. The van der Waals surface area contributed by atoms with Crippen LogP contribution in [0, 0.1) is 0 Å². The highest BCUT2D eigenvalue weighted by Gasteiger charge is 2.09. The van der Waals surface area contributed by atoms with E-state index in [-0.39, 0.29) is 12.4 Å². The standard InChI is InChI=1S/C39H35N3O6/c1-45-38-24-28(16-19-32(43)20-18-30-12-9-11-29-10-3-4-13-33(29)30)17-21-36(38)47-27-31-26-42(41-40-31)22-7-2-8-23-46-37-25-39(44)48-35-15-6-5-14-34(35)37/h3-6,9-21,24-26H,2,7-8,22-23,27H2,1H3/b19-16+,20-18+. The van der Waals surface area contributed by atoms with Gasteiger partial charge in [0.2, 0.25) is 0 Å². The van der Waals surface area contributed by atoms with Crippen LogP contribution in [-0.2, 0) is 17.9 Å². The SMILES string of the molecule is COc1cc(/C=C/C(=O)/C=C/c2cccc3ccccc23)ccc1OCc1cn(CCCCCOc2cc(=O)oc3ccccc23)nn1. The van der Waals surface area contributed by atoms with Crippen molar-refractivity contribution in [2.24, 2.45) is 0 Å². The molecule has 6 aromatic rings. The summed E-state index contributed by atoms with van der Waals surface area (Å²) < 4.78 is 24.4. The number of para-hydroxylation sites is 1. The van der Waals surface area contributed by atoms with Gasteiger partial charge in [0.1, 0.15) is 23.6 Å². The van der Waals surface area contributed by atoms with E-state index in [1.54, 1.807) is 30.0 Å². The second kappa shape index (κ2) is 15.6. The van der Waals surface area contributed by atoms with E-state index in [4.69, 9.17) is 18.6 Å². The van der Waals surface area contributed by atoms with Crippen LogP contribution in [0.1, 0.15) is 36.1 Å². The molecule has 0 bridgehead atoms. The normalized spacial score (nSPS) is 11.5. The summed E-state index contributed by atoms with van der Waals surface area (Å²) in [6.07, 6.45) is 11.2. The van der Waals surface area contributed by atoms with Crippen molar-refractivity contribution < 1.29 is 23.4 Å². The van der Waals surface area contributed by atoms with Gasteiger partial charge >= 0.3 is 5.63 Å². The molecule has 48 heavy (non-hydrogen) atoms. The maximum atomic E-state index is 12.6. The molecule has 0 amide bonds. The second-order valence-corrected chi connectivity index (χ2v) is 11.1. The van der Waals surface area contributed by atoms with Crippen LogP contribution < -0.4 is 19.8 Å². The van der Waals surface area contributed by atoms with E-state index in [0.717, 1.165) is 46.5 Å². The molecule has 0 N–H and O–H groups in total. The number of aromatic nitrogens is 3. The van der Waals surface area contributed by atoms with Gasteiger partial charge < -0.3 is 18.6 Å². The van der Waals surface area contributed by atoms with E-state index in [9.17, 15) is 9.59 Å². The Hall–Kier alpha value is -5.96. The Morgan fingerprint density at radius 3 is 2.52 bits per heavy atom. The third-order valence-electron chi connectivity index (χ3n) is 7.74. The zero-order valence-electron chi connectivity index (χ0n) is 26.6. The summed E-state index contributed by atoms with van der Waals surface area (Å²) >= 11 is 0. The first-order valence-corrected chi connectivity index (χ1v) is 15.8. The van der Waals surface area contributed by atoms with Crippen LogP contribution in [0.4, 0.5) is 0 Å². The van der Waals surface area contributed by atoms with Crippen LogP contribution in [0.5, 0.6) is 17.2 Å². The molecule has 6 rings (SSSR count). The van der Waals surface area contributed by atoms with Crippen molar-refractivity contribution in [1.29, 1.82) is 0 Å². The number of ketones is 1. The zero-order chi connectivity index (χ0) is 33.1. The van der Waals surface area contributed by atoms with Gasteiger partial charge in [-0.25, -0.2) is 4.79 Å². The van der Waals surface area contributed by atoms with E-state index in [0.29, 0.717) is 41.7 Å². The predicted octanol–water partition coefficient (Wildman–Crippen LogP) is 7.67. The molecular formula is C39H35N3O6. The molecule has 0 aliphatic rings. The van der Waals surface area contributed by atoms with Gasteiger partial charge in [-0.2, -0.15) is 0 Å². The summed E-state index contributed by atoms with van der Waals surface area (Å²) in [6, 6.07) is 28.4. The van der Waals surface area contributed by atoms with E-state index < -0.39 is 5.63 Å². The molecule has 242 valence electrons. The summed E-state index contributed by atoms with van der Waals surface area (Å²) in [5, 5.41) is 11.5. The number of benzene rings is 4. The van der Waals surface area contributed by atoms with Crippen LogP contribution in [0.3, 0.4) is 0 Å². The number of hydrogen-bond acceptors (Lipinski definition) is 8. The Morgan fingerprint density at radius 2 is 1.62 bits per heavy atom. The molecule has 4 aromatic carbocycles. The van der Waals surface area contributed by atoms with Gasteiger partial charge in [-0.05, 0) is 77.6 Å². The number of rotatable bonds is 15. The highest BCUT2D eigenvalue weighted by Crippen LogP contribution is 2.29. The molecule has 0 aliphatic carbocycles. The van der Waals surface area contributed by atoms with Crippen molar-refractivity contribution in [3.8, 4) is 17.2 Å². The quantitative estimate of drug-likeness (QED) is 0.0639. The lowest BCUT2D eigenvalue weighted by Crippen LogP contribution is -2.04. The van der Waals surface area contributed by atoms with Gasteiger partial charge in [-0.3, -0.25) is 9.48 Å². The molecular weight excluding hydrogens is 606 g/mol. The second-order valence-electron chi connectivity index (χ2n) is 11.1. The van der Waals surface area contributed by atoms with Crippen molar-refractivity contribution >= 4 is 39.7 Å². The first-order valence-electron chi connectivity index (χ1n) is 15.8. The smallest absolute Gasteiger partial charge is 0.339 e. The van der Waals surface area contributed by atoms with Crippen molar-refractivity contribution in [2.75, 3.05) is 13.7 Å². The predicted molar refractivity (Wildman–Crippen MR) is 186 cm³/mol. The first kappa shape index (κ1) is 32.0. The largest absolute Gasteiger partial charge is 0.493 e. The Labute approximate surface area is 277 Å². The summed E-state index contributed by atoms with van der Waals surface area (Å²) in [5.41, 5.74) is 2.60. The van der Waals surface area contributed by atoms with Crippen LogP contribution in [0.25, 0.3) is 33.9 Å². The molecule has 0 fully saturated rings. The van der Waals surface area contributed by atoms with E-state index >= 15 is 0 Å². The minimum absolute atomic E-state index is 0.116. The van der Waals surface area contributed by atoms with Gasteiger partial charge in [-0.1, -0.05) is 78.0 Å². The fourth-order valence-corrected chi connectivity index (χ4v) is 5.31. The number of hydrogen-bond donors (Lipinski definition) is 0. The molecule has 9 heteroatoms. The zero-order valence-corrected chi connectivity index (χ0v) is 26.6. The monoisotopic (exact) mass is 641 g/mol. The molecule has 0 atom stereocenters. The first-order chi connectivity index (χ1) is 23.6. The number of ether oxygens (including phenoxy) is 3. The number of carbonyl (C=O) groups excluding carboxylic acids is 1. The summed E-state index contributed by atoms with van der Waals surface area (Å²) in [4.78, 5) is 24.4. The van der Waals surface area contributed by atoms with Crippen LogP contribution in [0.2, 0.25) is 0 Å². The minimum atomic E-state index is -0.423. The van der Waals surface area contributed by atoms with E-state index in [1.165, 1.54) is 12.1 Å². The van der Waals surface area contributed by atoms with Crippen LogP contribution in [-0.4, -0.2) is 34.5 Å². The maximum absolute atomic E-state index is 12.6. The molecule has 0 saturated heterocycles. The lowest BCUT2D eigenvalue weighted by atomic mass is 10.0. The highest BCUT2D eigenvalue weighted by molar-refractivity contribution is 6.05. The number of unbranched alkanes of at least 4 members (excludes halogenated alkanes) is 2. The molecule has 0 aliphatic heterocycles. The average molecular weight is 642 g/mol. The van der Waals surface area contributed by atoms with Gasteiger partial charge in [0.15, 0.2) is 17.3 Å². The molecule has 0 saturated carbocycles. The summed E-state index contributed by atoms with van der Waals surface area (Å²) in [5.74, 6) is 1.54. The molecule has 2 heterocycles. The lowest BCUT2D eigenvalue weighted by molar-refractivity contribution is -0.110. The third kappa shape index (κ3) is 8.24. The molecule has 0 radical (unpaired) electrons. The Kier molecular flexibility index (Phi) is 10.4.